The summed E-state index contributed by atoms with van der Waals surface area (Å²) in [5.74, 6) is 2.42. The second kappa shape index (κ2) is 8.70. The van der Waals surface area contributed by atoms with Crippen LogP contribution in [-0.2, 0) is 0 Å². The fourth-order valence-electron chi connectivity index (χ4n) is 4.00. The molecular weight excluding hydrogens is 362 g/mol. The number of fused-ring (bicyclic) bond motifs is 1. The van der Waals surface area contributed by atoms with Crippen LogP contribution in [-0.4, -0.2) is 56.0 Å². The summed E-state index contributed by atoms with van der Waals surface area (Å²) in [7, 11) is 3.30. The zero-order valence-electron chi connectivity index (χ0n) is 17.5. The van der Waals surface area contributed by atoms with E-state index in [1.165, 1.54) is 24.1 Å². The van der Waals surface area contributed by atoms with Gasteiger partial charge < -0.3 is 14.4 Å². The van der Waals surface area contributed by atoms with Crippen LogP contribution in [0.3, 0.4) is 0 Å². The highest BCUT2D eigenvalue weighted by atomic mass is 16.5. The fourth-order valence-corrected chi connectivity index (χ4v) is 4.00. The number of methoxy groups -OCH3 is 2. The molecule has 0 aromatic heterocycles. The molecule has 0 spiro atoms. The zero-order valence-corrected chi connectivity index (χ0v) is 17.5. The lowest BCUT2D eigenvalue weighted by molar-refractivity contribution is 0.295. The number of ether oxygens (including phenoxy) is 2. The quantitative estimate of drug-likeness (QED) is 0.726. The van der Waals surface area contributed by atoms with Gasteiger partial charge in [-0.1, -0.05) is 13.0 Å². The Kier molecular flexibility index (Phi) is 5.86. The first kappa shape index (κ1) is 19.5. The molecule has 0 N–H and O–H groups in total. The van der Waals surface area contributed by atoms with Crippen LogP contribution in [0.1, 0.15) is 25.3 Å². The minimum absolute atomic E-state index is 0.719. The molecule has 0 fully saturated rings. The van der Waals surface area contributed by atoms with E-state index in [-0.39, 0.29) is 0 Å². The Hall–Kier alpha value is -2.79. The number of allylic oxidation sites excluding steroid dienone is 2. The number of amidine groups is 1. The van der Waals surface area contributed by atoms with Crippen molar-refractivity contribution in [3.8, 4) is 11.5 Å². The lowest BCUT2D eigenvalue weighted by Gasteiger charge is -2.30. The molecule has 1 aromatic rings. The number of hydrogen-bond acceptors (Lipinski definition) is 5. The van der Waals surface area contributed by atoms with Gasteiger partial charge in [0.1, 0.15) is 5.84 Å². The topological polar surface area (TPSA) is 37.3 Å². The molecular formula is C24H29N3O2. The van der Waals surface area contributed by atoms with Gasteiger partial charge in [0, 0.05) is 31.4 Å². The maximum Gasteiger partial charge on any atom is 0.161 e. The van der Waals surface area contributed by atoms with Gasteiger partial charge in [-0.15, -0.1) is 0 Å². The van der Waals surface area contributed by atoms with Gasteiger partial charge in [-0.3, -0.25) is 4.90 Å². The van der Waals surface area contributed by atoms with Crippen LogP contribution >= 0.6 is 0 Å². The van der Waals surface area contributed by atoms with E-state index in [1.807, 2.05) is 18.2 Å². The maximum atomic E-state index is 5.43. The predicted octanol–water partition coefficient (Wildman–Crippen LogP) is 4.25. The molecule has 3 aliphatic rings. The molecule has 0 amide bonds. The van der Waals surface area contributed by atoms with Crippen LogP contribution < -0.4 is 9.47 Å². The Morgan fingerprint density at radius 1 is 1.03 bits per heavy atom. The van der Waals surface area contributed by atoms with E-state index >= 15 is 0 Å². The number of nitrogens with zero attached hydrogens (tertiary/aromatic N) is 3. The minimum atomic E-state index is 0.719. The molecule has 152 valence electrons. The first-order chi connectivity index (χ1) is 14.2. The molecule has 0 aliphatic carbocycles. The first-order valence-electron chi connectivity index (χ1n) is 10.3. The summed E-state index contributed by atoms with van der Waals surface area (Å²) < 4.78 is 10.8. The van der Waals surface area contributed by atoms with Gasteiger partial charge in [-0.2, -0.15) is 0 Å². The van der Waals surface area contributed by atoms with E-state index in [0.717, 1.165) is 54.7 Å². The lowest BCUT2D eigenvalue weighted by atomic mass is 9.97. The summed E-state index contributed by atoms with van der Waals surface area (Å²) in [6, 6.07) is 5.93. The molecule has 3 aliphatic heterocycles. The third-order valence-corrected chi connectivity index (χ3v) is 5.60. The van der Waals surface area contributed by atoms with Crippen molar-refractivity contribution < 1.29 is 9.47 Å². The second-order valence-electron chi connectivity index (χ2n) is 7.48. The van der Waals surface area contributed by atoms with Gasteiger partial charge in [0.25, 0.3) is 0 Å². The molecule has 0 radical (unpaired) electrons. The van der Waals surface area contributed by atoms with Crippen molar-refractivity contribution in [1.82, 2.24) is 9.80 Å². The highest BCUT2D eigenvalue weighted by molar-refractivity contribution is 6.00. The highest BCUT2D eigenvalue weighted by Gasteiger charge is 2.20. The summed E-state index contributed by atoms with van der Waals surface area (Å²) in [6.07, 6.45) is 13.4. The van der Waals surface area contributed by atoms with Crippen LogP contribution in [0.5, 0.6) is 11.5 Å². The van der Waals surface area contributed by atoms with Crippen LogP contribution in [0.15, 0.2) is 64.8 Å². The highest BCUT2D eigenvalue weighted by Crippen LogP contribution is 2.32. The van der Waals surface area contributed by atoms with Crippen LogP contribution in [0.25, 0.3) is 5.70 Å². The summed E-state index contributed by atoms with van der Waals surface area (Å²) in [5.41, 5.74) is 4.75. The number of benzene rings is 1. The van der Waals surface area contributed by atoms with Gasteiger partial charge in [0.05, 0.1) is 19.9 Å². The monoisotopic (exact) mass is 391 g/mol. The molecule has 0 saturated heterocycles. The van der Waals surface area contributed by atoms with Gasteiger partial charge in [-0.25, -0.2) is 4.99 Å². The van der Waals surface area contributed by atoms with Crippen molar-refractivity contribution in [2.24, 2.45) is 4.99 Å². The number of rotatable bonds is 6. The van der Waals surface area contributed by atoms with Crippen LogP contribution in [0.4, 0.5) is 0 Å². The molecule has 4 rings (SSSR count). The zero-order chi connectivity index (χ0) is 20.2. The number of hydrogen-bond donors (Lipinski definition) is 0. The molecule has 0 atom stereocenters. The third kappa shape index (κ3) is 4.15. The lowest BCUT2D eigenvalue weighted by Crippen LogP contribution is -2.32. The third-order valence-electron chi connectivity index (χ3n) is 5.60. The Balaban J connectivity index is 1.49. The standard InChI is InChI=1S/C24H29N3O2/c1-4-12-26-13-9-18(10-14-26)20-6-8-24-25-21(11-15-27(24)17-20)19-5-7-22(28-2)23(16-19)29-3/h5-9,11,16-17H,4,10,12-15H2,1-3H3. The summed E-state index contributed by atoms with van der Waals surface area (Å²) in [5, 5.41) is 0. The molecule has 1 aromatic carbocycles. The van der Waals surface area contributed by atoms with E-state index in [1.54, 1.807) is 14.2 Å². The van der Waals surface area contributed by atoms with Crippen LogP contribution in [0, 0.1) is 0 Å². The first-order valence-corrected chi connectivity index (χ1v) is 10.3. The SMILES string of the molecule is CCCN1CC=C(C2=CN3CC=C(c4ccc(OC)c(OC)c4)N=C3C=C2)CC1. The molecule has 5 heteroatoms. The van der Waals surface area contributed by atoms with Crippen molar-refractivity contribution in [3.05, 3.63) is 65.4 Å². The van der Waals surface area contributed by atoms with E-state index in [2.05, 4.69) is 47.2 Å². The molecule has 0 bridgehead atoms. The van der Waals surface area contributed by atoms with Gasteiger partial charge in [0.15, 0.2) is 11.5 Å². The van der Waals surface area contributed by atoms with Crippen molar-refractivity contribution in [3.63, 3.8) is 0 Å². The smallest absolute Gasteiger partial charge is 0.161 e. The average molecular weight is 392 g/mol. The van der Waals surface area contributed by atoms with Gasteiger partial charge >= 0.3 is 0 Å². The normalized spacial score (nSPS) is 19.1. The van der Waals surface area contributed by atoms with Gasteiger partial charge in [0.2, 0.25) is 0 Å². The molecule has 0 saturated carbocycles. The summed E-state index contributed by atoms with van der Waals surface area (Å²) in [6.45, 7) is 6.44. The van der Waals surface area contributed by atoms with Crippen molar-refractivity contribution >= 4 is 11.5 Å². The number of aliphatic imine (C=N–C) groups is 1. The fraction of sp³-hybridized carbons (Fsp3) is 0.375. The molecule has 5 nitrogen and oxygen atoms in total. The van der Waals surface area contributed by atoms with Crippen LogP contribution in [0.2, 0.25) is 0 Å². The summed E-state index contributed by atoms with van der Waals surface area (Å²) in [4.78, 5) is 9.61. The Morgan fingerprint density at radius 3 is 2.62 bits per heavy atom. The second-order valence-corrected chi connectivity index (χ2v) is 7.48. The average Bonchev–Trinajstić information content (AvgIpc) is 2.78. The predicted molar refractivity (Wildman–Crippen MR) is 118 cm³/mol. The van der Waals surface area contributed by atoms with E-state index in [4.69, 9.17) is 14.5 Å². The Labute approximate surface area is 173 Å². The van der Waals surface area contributed by atoms with Crippen molar-refractivity contribution in [2.75, 3.05) is 40.4 Å². The van der Waals surface area contributed by atoms with E-state index in [0.29, 0.717) is 0 Å². The van der Waals surface area contributed by atoms with Crippen molar-refractivity contribution in [2.45, 2.75) is 19.8 Å². The Morgan fingerprint density at radius 2 is 1.90 bits per heavy atom. The summed E-state index contributed by atoms with van der Waals surface area (Å²) >= 11 is 0. The minimum Gasteiger partial charge on any atom is -0.493 e. The van der Waals surface area contributed by atoms with E-state index in [9.17, 15) is 0 Å². The largest absolute Gasteiger partial charge is 0.493 e. The van der Waals surface area contributed by atoms with Gasteiger partial charge in [-0.05, 0) is 67.0 Å². The maximum absolute atomic E-state index is 5.43. The van der Waals surface area contributed by atoms with E-state index < -0.39 is 0 Å². The molecule has 0 unspecified atom stereocenters. The van der Waals surface area contributed by atoms with Crippen molar-refractivity contribution in [1.29, 1.82) is 0 Å². The molecule has 3 heterocycles. The Bertz CT molecular complexity index is 924. The molecule has 29 heavy (non-hydrogen) atoms.